The fraction of sp³-hybridized carbons (Fsp3) is 0.0588. The van der Waals surface area contributed by atoms with E-state index in [1.165, 1.54) is 7.05 Å². The first kappa shape index (κ1) is 18.6. The standard InChI is InChI=1S/C17H11ClF3N3O3/c1-23-14-10(21)2-6-15(13(14)18)24(5-7(16(6)25)17(26)27)12-4-11(22)8(19)3-9(12)20/h2-5,23H,22H2,1H3,(H,26,27). The monoisotopic (exact) mass is 397 g/mol. The predicted octanol–water partition coefficient (Wildman–Crippen LogP) is 3.38. The van der Waals surface area contributed by atoms with E-state index in [2.05, 4.69) is 5.32 Å². The summed E-state index contributed by atoms with van der Waals surface area (Å²) in [5.74, 6) is -4.62. The van der Waals surface area contributed by atoms with Crippen LogP contribution in [-0.2, 0) is 0 Å². The minimum Gasteiger partial charge on any atom is -0.477 e. The molecule has 10 heteroatoms. The van der Waals surface area contributed by atoms with Gasteiger partial charge in [-0.05, 0) is 12.1 Å². The highest BCUT2D eigenvalue weighted by Gasteiger charge is 2.23. The molecule has 0 aliphatic rings. The minimum atomic E-state index is -1.61. The van der Waals surface area contributed by atoms with Crippen molar-refractivity contribution in [2.75, 3.05) is 18.1 Å². The van der Waals surface area contributed by atoms with Crippen LogP contribution in [0.3, 0.4) is 0 Å². The maximum Gasteiger partial charge on any atom is 0.341 e. The van der Waals surface area contributed by atoms with Gasteiger partial charge in [0, 0.05) is 19.3 Å². The molecule has 1 heterocycles. The summed E-state index contributed by atoms with van der Waals surface area (Å²) in [6.45, 7) is 0. The van der Waals surface area contributed by atoms with Gasteiger partial charge in [0.2, 0.25) is 5.43 Å². The van der Waals surface area contributed by atoms with Crippen LogP contribution in [-0.4, -0.2) is 22.7 Å². The molecule has 0 bridgehead atoms. The van der Waals surface area contributed by atoms with Gasteiger partial charge in [0.1, 0.15) is 23.0 Å². The summed E-state index contributed by atoms with van der Waals surface area (Å²) in [6, 6.07) is 2.22. The number of hydrogen-bond donors (Lipinski definition) is 3. The highest BCUT2D eigenvalue weighted by atomic mass is 35.5. The number of rotatable bonds is 3. The molecule has 4 N–H and O–H groups in total. The molecule has 0 aliphatic carbocycles. The van der Waals surface area contributed by atoms with E-state index < -0.39 is 45.5 Å². The molecular formula is C17H11ClF3N3O3. The number of hydrogen-bond acceptors (Lipinski definition) is 4. The van der Waals surface area contributed by atoms with Gasteiger partial charge < -0.3 is 20.7 Å². The van der Waals surface area contributed by atoms with Gasteiger partial charge in [-0.15, -0.1) is 0 Å². The van der Waals surface area contributed by atoms with Gasteiger partial charge in [-0.2, -0.15) is 0 Å². The molecule has 3 rings (SSSR count). The van der Waals surface area contributed by atoms with Crippen molar-refractivity contribution in [2.24, 2.45) is 0 Å². The van der Waals surface area contributed by atoms with Gasteiger partial charge in [-0.1, -0.05) is 11.6 Å². The molecule has 1 aromatic heterocycles. The molecule has 3 aromatic rings. The third-order valence-corrected chi connectivity index (χ3v) is 4.35. The molecule has 0 atom stereocenters. The molecule has 0 saturated heterocycles. The lowest BCUT2D eigenvalue weighted by Gasteiger charge is -2.17. The average Bonchev–Trinajstić information content (AvgIpc) is 2.59. The molecule has 27 heavy (non-hydrogen) atoms. The number of aromatic nitrogens is 1. The second kappa shape index (κ2) is 6.51. The summed E-state index contributed by atoms with van der Waals surface area (Å²) in [5, 5.41) is 11.1. The Balaban J connectivity index is 2.59. The lowest BCUT2D eigenvalue weighted by atomic mass is 10.1. The molecule has 0 radical (unpaired) electrons. The van der Waals surface area contributed by atoms with Crippen molar-refractivity contribution in [3.8, 4) is 5.69 Å². The fourth-order valence-corrected chi connectivity index (χ4v) is 3.10. The number of anilines is 2. The third-order valence-electron chi connectivity index (χ3n) is 3.99. The zero-order valence-corrected chi connectivity index (χ0v) is 14.4. The van der Waals surface area contributed by atoms with Crippen LogP contribution in [0.4, 0.5) is 24.5 Å². The minimum absolute atomic E-state index is 0.165. The highest BCUT2D eigenvalue weighted by Crippen LogP contribution is 2.35. The number of aromatic carboxylic acids is 1. The number of carbonyl (C=O) groups is 1. The van der Waals surface area contributed by atoms with Crippen LogP contribution >= 0.6 is 11.6 Å². The second-order valence-corrected chi connectivity index (χ2v) is 5.94. The van der Waals surface area contributed by atoms with Crippen LogP contribution < -0.4 is 16.5 Å². The molecule has 6 nitrogen and oxygen atoms in total. The Morgan fingerprint density at radius 3 is 2.44 bits per heavy atom. The molecule has 140 valence electrons. The maximum absolute atomic E-state index is 14.4. The van der Waals surface area contributed by atoms with Crippen molar-refractivity contribution >= 4 is 39.8 Å². The Morgan fingerprint density at radius 2 is 1.85 bits per heavy atom. The summed E-state index contributed by atoms with van der Waals surface area (Å²) in [6.07, 6.45) is 0.825. The van der Waals surface area contributed by atoms with Crippen molar-refractivity contribution in [2.45, 2.75) is 0 Å². The zero-order valence-electron chi connectivity index (χ0n) is 13.6. The number of carboxylic acids is 1. The van der Waals surface area contributed by atoms with Crippen LogP contribution in [0.2, 0.25) is 5.02 Å². The number of fused-ring (bicyclic) bond motifs is 1. The van der Waals surface area contributed by atoms with E-state index in [0.717, 1.165) is 22.9 Å². The van der Waals surface area contributed by atoms with Gasteiger partial charge in [0.15, 0.2) is 0 Å². The largest absolute Gasteiger partial charge is 0.477 e. The normalized spacial score (nSPS) is 11.0. The lowest BCUT2D eigenvalue weighted by molar-refractivity contribution is 0.0695. The van der Waals surface area contributed by atoms with Crippen molar-refractivity contribution < 1.29 is 23.1 Å². The van der Waals surface area contributed by atoms with Crippen molar-refractivity contribution in [3.05, 3.63) is 62.7 Å². The van der Waals surface area contributed by atoms with E-state index in [1.807, 2.05) is 0 Å². The van der Waals surface area contributed by atoms with E-state index in [0.29, 0.717) is 6.07 Å². The van der Waals surface area contributed by atoms with E-state index in [-0.39, 0.29) is 21.9 Å². The lowest BCUT2D eigenvalue weighted by Crippen LogP contribution is -2.19. The fourth-order valence-electron chi connectivity index (χ4n) is 2.72. The first-order valence-corrected chi connectivity index (χ1v) is 7.78. The Bertz CT molecular complexity index is 1180. The van der Waals surface area contributed by atoms with Crippen LogP contribution in [0.15, 0.2) is 29.2 Å². The van der Waals surface area contributed by atoms with Crippen LogP contribution in [0, 0.1) is 17.5 Å². The molecule has 0 saturated carbocycles. The first-order valence-electron chi connectivity index (χ1n) is 7.40. The number of pyridine rings is 1. The Kier molecular flexibility index (Phi) is 4.48. The summed E-state index contributed by atoms with van der Waals surface area (Å²) >= 11 is 6.19. The number of benzene rings is 2. The van der Waals surface area contributed by atoms with E-state index >= 15 is 0 Å². The smallest absolute Gasteiger partial charge is 0.341 e. The van der Waals surface area contributed by atoms with Gasteiger partial charge in [0.25, 0.3) is 0 Å². The van der Waals surface area contributed by atoms with Gasteiger partial charge in [-0.25, -0.2) is 18.0 Å². The van der Waals surface area contributed by atoms with Gasteiger partial charge >= 0.3 is 5.97 Å². The van der Waals surface area contributed by atoms with Crippen LogP contribution in [0.25, 0.3) is 16.6 Å². The van der Waals surface area contributed by atoms with Gasteiger partial charge in [0.05, 0.1) is 33.0 Å². The summed E-state index contributed by atoms with van der Waals surface area (Å²) < 4.78 is 43.1. The summed E-state index contributed by atoms with van der Waals surface area (Å²) in [5.41, 5.74) is 2.59. The topological polar surface area (TPSA) is 97.4 Å². The first-order chi connectivity index (χ1) is 12.7. The van der Waals surface area contributed by atoms with Crippen LogP contribution in [0.1, 0.15) is 10.4 Å². The van der Waals surface area contributed by atoms with E-state index in [9.17, 15) is 27.9 Å². The second-order valence-electron chi connectivity index (χ2n) is 5.57. The molecule has 2 aromatic carbocycles. The van der Waals surface area contributed by atoms with E-state index in [1.54, 1.807) is 0 Å². The van der Waals surface area contributed by atoms with E-state index in [4.69, 9.17) is 17.3 Å². The van der Waals surface area contributed by atoms with Crippen LogP contribution in [0.5, 0.6) is 0 Å². The number of nitrogens with one attached hydrogen (secondary N) is 1. The zero-order chi connectivity index (χ0) is 20.0. The SMILES string of the molecule is CNc1c(F)cc2c(=O)c(C(=O)O)cn(-c3cc(N)c(F)cc3F)c2c1Cl. The molecular weight excluding hydrogens is 387 g/mol. The Labute approximate surface area is 154 Å². The highest BCUT2D eigenvalue weighted by molar-refractivity contribution is 6.38. The summed E-state index contributed by atoms with van der Waals surface area (Å²) in [4.78, 5) is 23.9. The average molecular weight is 398 g/mol. The molecule has 0 aliphatic heterocycles. The van der Waals surface area contributed by atoms with Gasteiger partial charge in [-0.3, -0.25) is 4.79 Å². The molecule has 0 amide bonds. The predicted molar refractivity (Wildman–Crippen MR) is 95.3 cm³/mol. The maximum atomic E-state index is 14.4. The quantitative estimate of drug-likeness (QED) is 0.589. The number of halogens is 4. The Hall–Kier alpha value is -3.20. The number of carboxylic acid groups (broad SMARTS) is 1. The molecule has 0 unspecified atom stereocenters. The molecule has 0 spiro atoms. The van der Waals surface area contributed by atoms with Crippen molar-refractivity contribution in [1.82, 2.24) is 4.57 Å². The number of nitrogens with two attached hydrogens (primary N) is 1. The van der Waals surface area contributed by atoms with Crippen molar-refractivity contribution in [3.63, 3.8) is 0 Å². The third kappa shape index (κ3) is 2.85. The Morgan fingerprint density at radius 1 is 1.19 bits per heavy atom. The summed E-state index contributed by atoms with van der Waals surface area (Å²) in [7, 11) is 1.38. The number of nitrogens with zero attached hydrogens (tertiary/aromatic N) is 1. The molecule has 0 fully saturated rings. The van der Waals surface area contributed by atoms with Crippen molar-refractivity contribution in [1.29, 1.82) is 0 Å². The number of nitrogen functional groups attached to an aromatic ring is 1.